The zero-order valence-corrected chi connectivity index (χ0v) is 24.5. The average molecular weight is 607 g/mol. The number of nitrogens with zero attached hydrogens (tertiary/aromatic N) is 5. The van der Waals surface area contributed by atoms with Gasteiger partial charge in [-0.25, -0.2) is 14.5 Å². The summed E-state index contributed by atoms with van der Waals surface area (Å²) in [4.78, 5) is 35.4. The number of aliphatic imine (C=N–C) groups is 1. The van der Waals surface area contributed by atoms with Crippen LogP contribution in [0.3, 0.4) is 0 Å². The van der Waals surface area contributed by atoms with Crippen LogP contribution in [0.2, 0.25) is 0 Å². The first-order chi connectivity index (χ1) is 20.5. The first-order valence-corrected chi connectivity index (χ1v) is 14.6. The molecule has 12 heteroatoms. The molecule has 8 nitrogen and oxygen atoms in total. The number of aryl methyl sites for hydroxylation is 1. The molecule has 3 aromatic carbocycles. The lowest BCUT2D eigenvalue weighted by atomic mass is 9.99. The van der Waals surface area contributed by atoms with Crippen molar-refractivity contribution in [1.82, 2.24) is 20.1 Å². The highest BCUT2D eigenvalue weighted by Gasteiger charge is 2.32. The number of hydrogen-bond acceptors (Lipinski definition) is 5. The van der Waals surface area contributed by atoms with Gasteiger partial charge >= 0.3 is 12.2 Å². The Bertz CT molecular complexity index is 1660. The van der Waals surface area contributed by atoms with Gasteiger partial charge in [0, 0.05) is 12.1 Å². The van der Waals surface area contributed by atoms with Crippen molar-refractivity contribution in [1.29, 1.82) is 0 Å². The first kappa shape index (κ1) is 30.0. The first-order valence-electron chi connectivity index (χ1n) is 13.6. The fourth-order valence-corrected chi connectivity index (χ4v) is 5.46. The van der Waals surface area contributed by atoms with E-state index in [1.165, 1.54) is 39.8 Å². The summed E-state index contributed by atoms with van der Waals surface area (Å²) in [7, 11) is 0. The summed E-state index contributed by atoms with van der Waals surface area (Å²) >= 11 is 1.25. The lowest BCUT2D eigenvalue weighted by Crippen LogP contribution is -2.32. The van der Waals surface area contributed by atoms with Crippen molar-refractivity contribution >= 4 is 34.6 Å². The van der Waals surface area contributed by atoms with Gasteiger partial charge in [0.1, 0.15) is 6.33 Å². The highest BCUT2D eigenvalue weighted by Crippen LogP contribution is 2.34. The van der Waals surface area contributed by atoms with E-state index in [0.717, 1.165) is 40.1 Å². The van der Waals surface area contributed by atoms with Crippen molar-refractivity contribution in [2.24, 2.45) is 4.99 Å². The summed E-state index contributed by atoms with van der Waals surface area (Å²) in [5, 5.41) is 7.54. The van der Waals surface area contributed by atoms with E-state index in [1.54, 1.807) is 0 Å². The van der Waals surface area contributed by atoms with E-state index in [1.807, 2.05) is 49.4 Å². The van der Waals surface area contributed by atoms with Crippen LogP contribution in [0.15, 0.2) is 78.0 Å². The van der Waals surface area contributed by atoms with Crippen LogP contribution in [0.25, 0.3) is 17.1 Å². The fourth-order valence-electron chi connectivity index (χ4n) is 4.60. The van der Waals surface area contributed by atoms with Crippen LogP contribution in [0, 0.1) is 6.92 Å². The maximum atomic E-state index is 12.8. The molecule has 43 heavy (non-hydrogen) atoms. The average Bonchev–Trinajstić information content (AvgIpc) is 3.60. The predicted molar refractivity (Wildman–Crippen MR) is 162 cm³/mol. The zero-order valence-electron chi connectivity index (χ0n) is 23.7. The molecule has 1 saturated heterocycles. The van der Waals surface area contributed by atoms with Gasteiger partial charge in [0.25, 0.3) is 0 Å². The summed E-state index contributed by atoms with van der Waals surface area (Å²) < 4.78 is 39.9. The number of rotatable bonds is 7. The van der Waals surface area contributed by atoms with E-state index in [0.29, 0.717) is 29.6 Å². The third kappa shape index (κ3) is 6.96. The molecule has 0 atom stereocenters. The van der Waals surface area contributed by atoms with Crippen molar-refractivity contribution in [3.05, 3.63) is 95.3 Å². The van der Waals surface area contributed by atoms with Crippen LogP contribution in [0.4, 0.5) is 23.7 Å². The maximum absolute atomic E-state index is 12.8. The second-order valence-corrected chi connectivity index (χ2v) is 11.3. The number of nitrogens with one attached hydrogen (secondary N) is 1. The van der Waals surface area contributed by atoms with Crippen LogP contribution in [0.5, 0.6) is 0 Å². The Morgan fingerprint density at radius 2 is 1.79 bits per heavy atom. The summed E-state index contributed by atoms with van der Waals surface area (Å²) in [6.07, 6.45) is -2.40. The Balaban J connectivity index is 1.19. The molecule has 4 aromatic rings. The molecular weight excluding hydrogens is 577 g/mol. The molecule has 0 bridgehead atoms. The minimum atomic E-state index is -4.40. The number of thioether (sulfide) groups is 1. The topological polar surface area (TPSA) is 92.5 Å². The third-order valence-electron chi connectivity index (χ3n) is 6.86. The molecule has 1 aliphatic heterocycles. The molecule has 5 rings (SSSR count). The molecule has 1 fully saturated rings. The van der Waals surface area contributed by atoms with E-state index >= 15 is 0 Å². The van der Waals surface area contributed by atoms with E-state index < -0.39 is 17.8 Å². The molecule has 0 unspecified atom stereocenters. The van der Waals surface area contributed by atoms with Crippen LogP contribution in [-0.2, 0) is 17.4 Å². The molecular formula is C31H29F3N6O2S. The van der Waals surface area contributed by atoms with Crippen molar-refractivity contribution in [2.45, 2.75) is 39.3 Å². The summed E-state index contributed by atoms with van der Waals surface area (Å²) in [5.41, 5.74) is 4.23. The monoisotopic (exact) mass is 606 g/mol. The Morgan fingerprint density at radius 1 is 1.07 bits per heavy atom. The van der Waals surface area contributed by atoms with Gasteiger partial charge in [0.05, 0.1) is 22.7 Å². The minimum Gasteiger partial charge on any atom is -0.336 e. The quantitative estimate of drug-likeness (QED) is 0.251. The highest BCUT2D eigenvalue weighted by molar-refractivity contribution is 8.15. The normalized spacial score (nSPS) is 14.6. The van der Waals surface area contributed by atoms with Crippen LogP contribution >= 0.6 is 11.8 Å². The SMILES string of the molecule is Cc1ccc(C(C)C)c(N2C(=O)CS/C2=N\C(=O)NCCc2ccc(-c3ncn(-c4ccc(C(F)(F)F)cc4)n3)cc2)c1. The van der Waals surface area contributed by atoms with E-state index in [4.69, 9.17) is 0 Å². The van der Waals surface area contributed by atoms with Gasteiger partial charge in [-0.15, -0.1) is 5.10 Å². The Morgan fingerprint density at radius 3 is 2.47 bits per heavy atom. The zero-order chi connectivity index (χ0) is 30.7. The minimum absolute atomic E-state index is 0.108. The van der Waals surface area contributed by atoms with Gasteiger partial charge in [-0.3, -0.25) is 9.69 Å². The molecule has 0 aliphatic carbocycles. The lowest BCUT2D eigenvalue weighted by Gasteiger charge is -2.22. The number of alkyl halides is 3. The van der Waals surface area contributed by atoms with Gasteiger partial charge in [-0.1, -0.05) is 62.0 Å². The molecule has 1 N–H and O–H groups in total. The molecule has 3 amide bonds. The Kier molecular flexibility index (Phi) is 8.67. The Labute approximate surface area is 251 Å². The molecule has 0 spiro atoms. The van der Waals surface area contributed by atoms with Gasteiger partial charge < -0.3 is 5.32 Å². The molecule has 0 radical (unpaired) electrons. The number of anilines is 1. The summed E-state index contributed by atoms with van der Waals surface area (Å²) in [5.74, 6) is 0.739. The number of benzene rings is 3. The number of aromatic nitrogens is 3. The van der Waals surface area contributed by atoms with Gasteiger partial charge in [-0.05, 0) is 66.3 Å². The molecule has 0 saturated carbocycles. The summed E-state index contributed by atoms with van der Waals surface area (Å²) in [6.45, 7) is 6.43. The molecule has 222 valence electrons. The molecule has 1 aromatic heterocycles. The second-order valence-electron chi connectivity index (χ2n) is 10.4. The standard InChI is InChI=1S/C31H29F3N6O2S/c1-19(2)25-13-4-20(3)16-26(25)40-27(41)17-43-30(40)37-29(42)35-15-14-21-5-7-22(8-6-21)28-36-18-39(38-28)24-11-9-23(10-12-24)31(32,33)34/h4-13,16,18-19H,14-15,17H2,1-3H3,(H,35,42)/b37-30-. The third-order valence-corrected chi connectivity index (χ3v) is 7.79. The van der Waals surface area contributed by atoms with E-state index in [2.05, 4.69) is 34.2 Å². The molecule has 1 aliphatic rings. The van der Waals surface area contributed by atoms with E-state index in [9.17, 15) is 22.8 Å². The number of carbonyl (C=O) groups excluding carboxylic acids is 2. The van der Waals surface area contributed by atoms with Gasteiger partial charge in [0.15, 0.2) is 11.0 Å². The highest BCUT2D eigenvalue weighted by atomic mass is 32.2. The van der Waals surface area contributed by atoms with Crippen LogP contribution in [-0.4, -0.2) is 44.2 Å². The number of carbonyl (C=O) groups is 2. The van der Waals surface area contributed by atoms with Crippen molar-refractivity contribution in [3.8, 4) is 17.1 Å². The maximum Gasteiger partial charge on any atom is 0.416 e. The lowest BCUT2D eigenvalue weighted by molar-refractivity contribution is -0.137. The van der Waals surface area contributed by atoms with Crippen LogP contribution in [0.1, 0.15) is 42.0 Å². The van der Waals surface area contributed by atoms with Crippen molar-refractivity contribution in [3.63, 3.8) is 0 Å². The van der Waals surface area contributed by atoms with Crippen LogP contribution < -0.4 is 10.2 Å². The Hall–Kier alpha value is -4.45. The van der Waals surface area contributed by atoms with Gasteiger partial charge in [-0.2, -0.15) is 18.2 Å². The smallest absolute Gasteiger partial charge is 0.336 e. The largest absolute Gasteiger partial charge is 0.416 e. The van der Waals surface area contributed by atoms with Crippen molar-refractivity contribution in [2.75, 3.05) is 17.2 Å². The predicted octanol–water partition coefficient (Wildman–Crippen LogP) is 6.77. The van der Waals surface area contributed by atoms with Crippen molar-refractivity contribution < 1.29 is 22.8 Å². The number of amides is 3. The number of hydrogen-bond donors (Lipinski definition) is 1. The van der Waals surface area contributed by atoms with E-state index in [-0.39, 0.29) is 17.6 Å². The summed E-state index contributed by atoms with van der Waals surface area (Å²) in [6, 6.07) is 17.6. The number of halogens is 3. The number of amidine groups is 1. The fraction of sp³-hybridized carbons (Fsp3) is 0.258. The number of urea groups is 1. The van der Waals surface area contributed by atoms with Gasteiger partial charge in [0.2, 0.25) is 5.91 Å². The second kappa shape index (κ2) is 12.4. The molecule has 2 heterocycles.